The Kier molecular flexibility index (Phi) is 5.82. The van der Waals surface area contributed by atoms with Crippen molar-refractivity contribution >= 4 is 34.6 Å². The van der Waals surface area contributed by atoms with E-state index in [9.17, 15) is 22.9 Å². The highest BCUT2D eigenvalue weighted by Gasteiger charge is 2.35. The monoisotopic (exact) mass is 427 g/mol. The Morgan fingerprint density at radius 1 is 1.24 bits per heavy atom. The molecule has 2 amide bonds. The summed E-state index contributed by atoms with van der Waals surface area (Å²) in [7, 11) is 0. The molecule has 0 bridgehead atoms. The molecule has 2 saturated heterocycles. The lowest BCUT2D eigenvalue weighted by molar-refractivity contribution is -0.127. The summed E-state index contributed by atoms with van der Waals surface area (Å²) in [6, 6.07) is 2.22. The number of nitrogens with zero attached hydrogens (tertiary/aromatic N) is 2. The van der Waals surface area contributed by atoms with Crippen LogP contribution in [0, 0.1) is 17.6 Å². The van der Waals surface area contributed by atoms with Crippen molar-refractivity contribution in [1.29, 1.82) is 0 Å². The van der Waals surface area contributed by atoms with Crippen molar-refractivity contribution in [3.63, 3.8) is 0 Å². The van der Waals surface area contributed by atoms with Gasteiger partial charge in [-0.15, -0.1) is 0 Å². The lowest BCUT2D eigenvalue weighted by Crippen LogP contribution is -2.41. The molecule has 1 aromatic rings. The van der Waals surface area contributed by atoms with E-state index in [1.54, 1.807) is 0 Å². The van der Waals surface area contributed by atoms with Crippen LogP contribution < -0.4 is 15.1 Å². The molecule has 1 saturated carbocycles. The fourth-order valence-corrected chi connectivity index (χ4v) is 4.79. The van der Waals surface area contributed by atoms with Crippen molar-refractivity contribution < 1.29 is 27.7 Å². The highest BCUT2D eigenvalue weighted by atomic mass is 32.2. The van der Waals surface area contributed by atoms with E-state index in [1.807, 2.05) is 0 Å². The number of amides is 2. The predicted octanol–water partition coefficient (Wildman–Crippen LogP) is 1.77. The molecule has 10 heteroatoms. The van der Waals surface area contributed by atoms with Crippen LogP contribution in [0.3, 0.4) is 0 Å². The van der Waals surface area contributed by atoms with E-state index in [4.69, 9.17) is 4.74 Å². The average Bonchev–Trinajstić information content (AvgIpc) is 3.00. The van der Waals surface area contributed by atoms with Gasteiger partial charge in [0.2, 0.25) is 5.91 Å². The highest BCUT2D eigenvalue weighted by molar-refractivity contribution is 7.91. The summed E-state index contributed by atoms with van der Waals surface area (Å²) in [5.41, 5.74) is -0.0931. The van der Waals surface area contributed by atoms with Gasteiger partial charge in [0, 0.05) is 18.1 Å². The fraction of sp³-hybridized carbons (Fsp3) is 0.579. The van der Waals surface area contributed by atoms with Gasteiger partial charge in [-0.05, 0) is 12.8 Å². The van der Waals surface area contributed by atoms with Crippen LogP contribution in [-0.4, -0.2) is 60.3 Å². The predicted molar refractivity (Wildman–Crippen MR) is 104 cm³/mol. The first-order valence-corrected chi connectivity index (χ1v) is 11.3. The summed E-state index contributed by atoms with van der Waals surface area (Å²) in [4.78, 5) is 26.8. The molecule has 0 aromatic heterocycles. The zero-order valence-electron chi connectivity index (χ0n) is 15.9. The van der Waals surface area contributed by atoms with Crippen LogP contribution in [0.1, 0.15) is 19.3 Å². The minimum Gasteiger partial charge on any atom is -0.616 e. The van der Waals surface area contributed by atoms with Gasteiger partial charge in [-0.2, -0.15) is 0 Å². The zero-order valence-corrected chi connectivity index (χ0v) is 16.7. The zero-order chi connectivity index (χ0) is 20.5. The molecule has 7 nitrogen and oxygen atoms in total. The number of benzene rings is 1. The molecule has 2 heterocycles. The van der Waals surface area contributed by atoms with E-state index in [-0.39, 0.29) is 36.3 Å². The molecule has 3 aliphatic rings. The van der Waals surface area contributed by atoms with Crippen LogP contribution >= 0.6 is 0 Å². The highest BCUT2D eigenvalue weighted by Crippen LogP contribution is 2.32. The molecule has 1 atom stereocenters. The van der Waals surface area contributed by atoms with Gasteiger partial charge < -0.3 is 19.5 Å². The van der Waals surface area contributed by atoms with Crippen molar-refractivity contribution in [2.75, 3.05) is 47.5 Å². The van der Waals surface area contributed by atoms with Crippen LogP contribution in [-0.2, 0) is 20.7 Å². The van der Waals surface area contributed by atoms with Crippen molar-refractivity contribution in [3.05, 3.63) is 23.8 Å². The quantitative estimate of drug-likeness (QED) is 0.724. The van der Waals surface area contributed by atoms with Crippen molar-refractivity contribution in [2.45, 2.75) is 25.4 Å². The van der Waals surface area contributed by atoms with Gasteiger partial charge in [-0.25, -0.2) is 13.6 Å². The minimum atomic E-state index is -0.955. The van der Waals surface area contributed by atoms with Crippen LogP contribution in [0.4, 0.5) is 25.0 Å². The molecule has 4 rings (SSSR count). The molecule has 1 unspecified atom stereocenters. The number of carbonyl (C=O) groups is 2. The Labute approximate surface area is 170 Å². The molecule has 3 fully saturated rings. The third-order valence-corrected chi connectivity index (χ3v) is 6.94. The van der Waals surface area contributed by atoms with Gasteiger partial charge >= 0.3 is 6.09 Å². The van der Waals surface area contributed by atoms with Gasteiger partial charge in [0.1, 0.15) is 23.3 Å². The number of halogens is 2. The molecule has 2 aliphatic heterocycles. The van der Waals surface area contributed by atoms with Crippen molar-refractivity contribution in [2.24, 2.45) is 5.92 Å². The van der Waals surface area contributed by atoms with Gasteiger partial charge in [-0.1, -0.05) is 17.6 Å². The van der Waals surface area contributed by atoms with E-state index in [1.165, 1.54) is 9.80 Å². The Morgan fingerprint density at radius 3 is 2.48 bits per heavy atom. The molecule has 1 aromatic carbocycles. The number of carbonyl (C=O) groups excluding carboxylic acids is 2. The Bertz CT molecular complexity index is 777. The van der Waals surface area contributed by atoms with Crippen LogP contribution in [0.25, 0.3) is 0 Å². The maximum Gasteiger partial charge on any atom is 0.414 e. The summed E-state index contributed by atoms with van der Waals surface area (Å²) < 4.78 is 46.0. The summed E-state index contributed by atoms with van der Waals surface area (Å²) in [5, 5.41) is 2.78. The van der Waals surface area contributed by atoms with Crippen molar-refractivity contribution in [3.8, 4) is 0 Å². The van der Waals surface area contributed by atoms with Crippen LogP contribution in [0.2, 0.25) is 0 Å². The van der Waals surface area contributed by atoms with Gasteiger partial charge in [0.05, 0.1) is 31.9 Å². The number of anilines is 2. The number of ether oxygens (including phenoxy) is 1. The fourth-order valence-electron chi connectivity index (χ4n) is 3.74. The number of hydrogen-bond donors (Lipinski definition) is 1. The van der Waals surface area contributed by atoms with Crippen molar-refractivity contribution in [1.82, 2.24) is 5.32 Å². The van der Waals surface area contributed by atoms with E-state index in [2.05, 4.69) is 5.32 Å². The third kappa shape index (κ3) is 4.28. The molecule has 158 valence electrons. The van der Waals surface area contributed by atoms with E-state index in [0.29, 0.717) is 24.6 Å². The Hall–Kier alpha value is -2.07. The first-order chi connectivity index (χ1) is 13.9. The number of hydrogen-bond acceptors (Lipinski definition) is 5. The Balaban J connectivity index is 1.41. The number of rotatable bonds is 5. The summed E-state index contributed by atoms with van der Waals surface area (Å²) in [5.74, 6) is -0.828. The maximum atomic E-state index is 14.7. The topological polar surface area (TPSA) is 84.9 Å². The molecule has 0 spiro atoms. The van der Waals surface area contributed by atoms with E-state index < -0.39 is 35.0 Å². The SMILES string of the molecule is O=C(NCC1CN(c2cc(F)c(N3CC[S+]([O-])CC3)c(F)c2)C(=O)O1)C1CCC1. The number of cyclic esters (lactones) is 1. The van der Waals surface area contributed by atoms with E-state index >= 15 is 0 Å². The van der Waals surface area contributed by atoms with Gasteiger partial charge in [-0.3, -0.25) is 9.69 Å². The second-order valence-electron chi connectivity index (χ2n) is 7.58. The van der Waals surface area contributed by atoms with Crippen LogP contribution in [0.5, 0.6) is 0 Å². The maximum absolute atomic E-state index is 14.7. The summed E-state index contributed by atoms with van der Waals surface area (Å²) in [6.07, 6.45) is 1.52. The third-order valence-electron chi connectivity index (χ3n) is 5.66. The largest absolute Gasteiger partial charge is 0.616 e. The number of nitrogens with one attached hydrogen (secondary N) is 1. The van der Waals surface area contributed by atoms with E-state index in [0.717, 1.165) is 31.4 Å². The lowest BCUT2D eigenvalue weighted by Gasteiger charge is -2.30. The van der Waals surface area contributed by atoms with Gasteiger partial charge in [0.15, 0.2) is 11.6 Å². The lowest BCUT2D eigenvalue weighted by atomic mass is 9.85. The summed E-state index contributed by atoms with van der Waals surface area (Å²) >= 11 is -0.955. The average molecular weight is 427 g/mol. The molecule has 1 aliphatic carbocycles. The second-order valence-corrected chi connectivity index (χ2v) is 9.28. The molecular formula is C19H23F2N3O4S. The molecule has 1 N–H and O–H groups in total. The molecule has 0 radical (unpaired) electrons. The molecular weight excluding hydrogens is 404 g/mol. The van der Waals surface area contributed by atoms with Crippen LogP contribution in [0.15, 0.2) is 12.1 Å². The standard InChI is InChI=1S/C19H23F2N3O4S/c20-15-8-13(9-16(21)17(15)23-4-6-29(27)7-5-23)24-11-14(28-19(24)26)10-22-18(25)12-2-1-3-12/h8-9,12,14H,1-7,10-11H2,(H,22,25). The second kappa shape index (κ2) is 8.35. The first kappa shape index (κ1) is 20.2. The first-order valence-electron chi connectivity index (χ1n) is 9.77. The smallest absolute Gasteiger partial charge is 0.414 e. The normalized spacial score (nSPS) is 23.1. The summed E-state index contributed by atoms with van der Waals surface area (Å²) in [6.45, 7) is 0.902. The Morgan fingerprint density at radius 2 is 1.90 bits per heavy atom. The molecule has 29 heavy (non-hydrogen) atoms. The van der Waals surface area contributed by atoms with Gasteiger partial charge in [0.25, 0.3) is 0 Å². The minimum absolute atomic E-state index is 0.0335.